The average molecular weight is 194 g/mol. The molecule has 72 valence electrons. The number of hydrogen-bond acceptors (Lipinski definition) is 5. The maximum absolute atomic E-state index is 11.1. The van der Waals surface area contributed by atoms with Crippen LogP contribution in [0.15, 0.2) is 30.3 Å². The predicted octanol–water partition coefficient (Wildman–Crippen LogP) is 0.186. The van der Waals surface area contributed by atoms with Gasteiger partial charge in [0.25, 0.3) is 0 Å². The van der Waals surface area contributed by atoms with Crippen LogP contribution in [0, 0.1) is 0 Å². The highest BCUT2D eigenvalue weighted by atomic mass is 16.4. The predicted molar refractivity (Wildman–Crippen MR) is 44.7 cm³/mol. The number of nitrogens with zero attached hydrogens (tertiary/aromatic N) is 2. The molecule has 0 unspecified atom stereocenters. The van der Waals surface area contributed by atoms with Crippen LogP contribution in [-0.2, 0) is 4.79 Å². The van der Waals surface area contributed by atoms with Gasteiger partial charge in [0, 0.05) is 18.5 Å². The van der Waals surface area contributed by atoms with Crippen LogP contribution in [-0.4, -0.2) is 31.9 Å². The smallest absolute Gasteiger partial charge is 0.371 e. The maximum atomic E-state index is 11.1. The summed E-state index contributed by atoms with van der Waals surface area (Å²) in [6.07, 6.45) is 3.23. The van der Waals surface area contributed by atoms with E-state index in [2.05, 4.69) is 9.97 Å². The second-order valence-electron chi connectivity index (χ2n) is 2.27. The summed E-state index contributed by atoms with van der Waals surface area (Å²) in [6.45, 7) is 0. The van der Waals surface area contributed by atoms with E-state index in [1.807, 2.05) is 0 Å². The topological polar surface area (TPSA) is 100 Å². The molecule has 1 heterocycles. The first-order valence-electron chi connectivity index (χ1n) is 3.56. The third kappa shape index (κ3) is 2.37. The molecule has 14 heavy (non-hydrogen) atoms. The summed E-state index contributed by atoms with van der Waals surface area (Å²) in [4.78, 5) is 28.5. The number of aliphatic carboxylic acids is 1. The number of allylic oxidation sites excluding steroid dienone is 1. The third-order valence-corrected chi connectivity index (χ3v) is 1.27. The molecular formula is C8H6N2O4. The Kier molecular flexibility index (Phi) is 2.90. The number of aliphatic hydroxyl groups excluding tert-OH is 1. The minimum atomic E-state index is -1.57. The molecule has 0 amide bonds. The lowest BCUT2D eigenvalue weighted by Crippen LogP contribution is -2.06. The summed E-state index contributed by atoms with van der Waals surface area (Å²) < 4.78 is 0. The summed E-state index contributed by atoms with van der Waals surface area (Å²) in [5, 5.41) is 17.0. The minimum absolute atomic E-state index is 0.166. The van der Waals surface area contributed by atoms with Gasteiger partial charge in [-0.15, -0.1) is 0 Å². The van der Waals surface area contributed by atoms with Gasteiger partial charge in [0.15, 0.2) is 0 Å². The van der Waals surface area contributed by atoms with Crippen molar-refractivity contribution >= 4 is 11.8 Å². The Labute approximate surface area is 78.6 Å². The number of carbonyl (C=O) groups excluding carboxylic acids is 1. The zero-order valence-electron chi connectivity index (χ0n) is 6.91. The van der Waals surface area contributed by atoms with Crippen molar-refractivity contribution in [2.45, 2.75) is 0 Å². The molecule has 0 saturated carbocycles. The lowest BCUT2D eigenvalue weighted by molar-refractivity contribution is -0.135. The number of carboxylic acid groups (broad SMARTS) is 1. The van der Waals surface area contributed by atoms with Crippen molar-refractivity contribution in [3.63, 3.8) is 0 Å². The number of ketones is 1. The molecule has 1 aromatic rings. The lowest BCUT2D eigenvalue weighted by atomic mass is 10.3. The number of hydrogen-bond donors (Lipinski definition) is 2. The second-order valence-corrected chi connectivity index (χ2v) is 2.27. The monoisotopic (exact) mass is 194 g/mol. The van der Waals surface area contributed by atoms with E-state index < -0.39 is 17.5 Å². The molecule has 6 heteroatoms. The Balaban J connectivity index is 2.88. The zero-order chi connectivity index (χ0) is 10.6. The molecule has 0 bridgehead atoms. The summed E-state index contributed by atoms with van der Waals surface area (Å²) in [6, 6.07) is 1.51. The van der Waals surface area contributed by atoms with Gasteiger partial charge >= 0.3 is 5.97 Å². The van der Waals surface area contributed by atoms with Gasteiger partial charge in [-0.1, -0.05) is 0 Å². The number of carboxylic acids is 1. The van der Waals surface area contributed by atoms with Crippen molar-refractivity contribution in [1.82, 2.24) is 9.97 Å². The lowest BCUT2D eigenvalue weighted by Gasteiger charge is -1.92. The zero-order valence-corrected chi connectivity index (χ0v) is 6.91. The van der Waals surface area contributed by atoms with E-state index in [4.69, 9.17) is 10.2 Å². The normalized spacial score (nSPS) is 11.0. The quantitative estimate of drug-likeness (QED) is 0.404. The van der Waals surface area contributed by atoms with E-state index in [0.717, 1.165) is 0 Å². The van der Waals surface area contributed by atoms with Crippen molar-refractivity contribution in [1.29, 1.82) is 0 Å². The van der Waals surface area contributed by atoms with Crippen LogP contribution >= 0.6 is 0 Å². The van der Waals surface area contributed by atoms with Crippen LogP contribution in [0.25, 0.3) is 0 Å². The van der Waals surface area contributed by atoms with Crippen molar-refractivity contribution in [3.05, 3.63) is 36.1 Å². The molecule has 0 aliphatic rings. The van der Waals surface area contributed by atoms with E-state index in [1.165, 1.54) is 18.5 Å². The van der Waals surface area contributed by atoms with Crippen molar-refractivity contribution in [2.75, 3.05) is 0 Å². The molecule has 0 atom stereocenters. The van der Waals surface area contributed by atoms with Gasteiger partial charge in [-0.3, -0.25) is 4.79 Å². The number of aliphatic hydroxyl groups is 1. The molecule has 0 spiro atoms. The highest BCUT2D eigenvalue weighted by Crippen LogP contribution is 1.95. The Morgan fingerprint density at radius 2 is 1.79 bits per heavy atom. The van der Waals surface area contributed by atoms with Gasteiger partial charge in [-0.2, -0.15) is 0 Å². The van der Waals surface area contributed by atoms with E-state index in [9.17, 15) is 9.59 Å². The van der Waals surface area contributed by atoms with Crippen LogP contribution in [0.5, 0.6) is 0 Å². The molecule has 0 aromatic carbocycles. The maximum Gasteiger partial charge on any atom is 0.371 e. The summed E-state index contributed by atoms with van der Waals surface area (Å²) in [7, 11) is 0. The van der Waals surface area contributed by atoms with Gasteiger partial charge < -0.3 is 10.2 Å². The fraction of sp³-hybridized carbons (Fsp3) is 0. The molecule has 2 N–H and O–H groups in total. The highest BCUT2D eigenvalue weighted by molar-refractivity contribution is 6.05. The van der Waals surface area contributed by atoms with Gasteiger partial charge in [-0.25, -0.2) is 14.8 Å². The first-order chi connectivity index (χ1) is 6.61. The molecule has 1 aromatic heterocycles. The molecule has 6 nitrogen and oxygen atoms in total. The molecular weight excluding hydrogens is 188 g/mol. The summed E-state index contributed by atoms with van der Waals surface area (Å²) in [5.74, 6) is -3.54. The Morgan fingerprint density at radius 1 is 1.21 bits per heavy atom. The largest absolute Gasteiger partial charge is 0.502 e. The molecule has 0 aliphatic carbocycles. The van der Waals surface area contributed by atoms with Crippen molar-refractivity contribution in [2.24, 2.45) is 0 Å². The third-order valence-electron chi connectivity index (χ3n) is 1.27. The van der Waals surface area contributed by atoms with Crippen LogP contribution in [0.2, 0.25) is 0 Å². The van der Waals surface area contributed by atoms with Crippen LogP contribution in [0.1, 0.15) is 10.6 Å². The molecule has 0 saturated heterocycles. The highest BCUT2D eigenvalue weighted by Gasteiger charge is 2.10. The fourth-order valence-electron chi connectivity index (χ4n) is 0.677. The SMILES string of the molecule is O=C(O)/C(O)=C\C(=O)c1ncccn1. The van der Waals surface area contributed by atoms with Gasteiger partial charge in [0.2, 0.25) is 17.4 Å². The standard InChI is InChI=1S/C8H6N2O4/c11-5(4-6(12)8(13)14)7-9-2-1-3-10-7/h1-4,12H,(H,13,14)/b6-4+. The molecule has 0 aliphatic heterocycles. The first kappa shape index (κ1) is 9.85. The Morgan fingerprint density at radius 3 is 2.29 bits per heavy atom. The number of rotatable bonds is 3. The first-order valence-corrected chi connectivity index (χ1v) is 3.56. The van der Waals surface area contributed by atoms with Crippen LogP contribution in [0.4, 0.5) is 0 Å². The second kappa shape index (κ2) is 4.13. The Hall–Kier alpha value is -2.24. The summed E-state index contributed by atoms with van der Waals surface area (Å²) >= 11 is 0. The van der Waals surface area contributed by atoms with Gasteiger partial charge in [0.05, 0.1) is 0 Å². The van der Waals surface area contributed by atoms with Crippen molar-refractivity contribution < 1.29 is 19.8 Å². The van der Waals surface area contributed by atoms with E-state index >= 15 is 0 Å². The fourth-order valence-corrected chi connectivity index (χ4v) is 0.677. The Bertz CT molecular complexity index is 386. The minimum Gasteiger partial charge on any atom is -0.502 e. The van der Waals surface area contributed by atoms with E-state index in [-0.39, 0.29) is 5.82 Å². The van der Waals surface area contributed by atoms with Gasteiger partial charge in [-0.05, 0) is 6.07 Å². The van der Waals surface area contributed by atoms with E-state index in [0.29, 0.717) is 6.08 Å². The van der Waals surface area contributed by atoms with E-state index in [1.54, 1.807) is 0 Å². The van der Waals surface area contributed by atoms with Crippen molar-refractivity contribution in [3.8, 4) is 0 Å². The van der Waals surface area contributed by atoms with Gasteiger partial charge in [0.1, 0.15) is 0 Å². The molecule has 0 radical (unpaired) electrons. The molecule has 1 rings (SSSR count). The summed E-state index contributed by atoms with van der Waals surface area (Å²) in [5.41, 5.74) is 0. The number of carbonyl (C=O) groups is 2. The number of aromatic nitrogens is 2. The average Bonchev–Trinajstić information content (AvgIpc) is 2.19. The molecule has 0 fully saturated rings. The van der Waals surface area contributed by atoms with Crippen LogP contribution in [0.3, 0.4) is 0 Å². The van der Waals surface area contributed by atoms with Crippen LogP contribution < -0.4 is 0 Å².